The molecule has 1 unspecified atom stereocenters. The Kier molecular flexibility index (Phi) is 7.79. The van der Waals surface area contributed by atoms with Crippen LogP contribution in [0, 0.1) is 5.92 Å². The van der Waals surface area contributed by atoms with Crippen LogP contribution in [0.4, 0.5) is 13.2 Å². The molecule has 3 nitrogen and oxygen atoms in total. The van der Waals surface area contributed by atoms with Crippen molar-refractivity contribution in [2.24, 2.45) is 5.92 Å². The monoisotopic (exact) mass is 456 g/mol. The van der Waals surface area contributed by atoms with Gasteiger partial charge in [0.2, 0.25) is 0 Å². The highest BCUT2D eigenvalue weighted by atomic mass is 19.4. The van der Waals surface area contributed by atoms with Crippen molar-refractivity contribution in [3.05, 3.63) is 89.5 Å². The van der Waals surface area contributed by atoms with Gasteiger partial charge in [-0.2, -0.15) is 13.2 Å². The van der Waals surface area contributed by atoms with Gasteiger partial charge in [0, 0.05) is 0 Å². The lowest BCUT2D eigenvalue weighted by Gasteiger charge is -2.20. The number of rotatable bonds is 8. The topological polar surface area (TPSA) is 35.5 Å². The van der Waals surface area contributed by atoms with E-state index < -0.39 is 17.7 Å². The van der Waals surface area contributed by atoms with Crippen LogP contribution in [0.1, 0.15) is 42.9 Å². The zero-order valence-corrected chi connectivity index (χ0v) is 18.9. The molecule has 0 fully saturated rings. The van der Waals surface area contributed by atoms with Crippen molar-refractivity contribution in [2.75, 3.05) is 7.11 Å². The maximum atomic E-state index is 13.0. The number of hydrogen-bond acceptors (Lipinski definition) is 3. The average Bonchev–Trinajstić information content (AvgIpc) is 2.80. The minimum absolute atomic E-state index is 0.234. The van der Waals surface area contributed by atoms with E-state index >= 15 is 0 Å². The summed E-state index contributed by atoms with van der Waals surface area (Å²) in [5.41, 5.74) is 2.24. The number of carbonyl (C=O) groups is 1. The maximum Gasteiger partial charge on any atom is 0.416 e. The Bertz CT molecular complexity index is 1060. The van der Waals surface area contributed by atoms with Crippen molar-refractivity contribution in [1.29, 1.82) is 0 Å². The minimum atomic E-state index is -4.41. The molecule has 0 aliphatic carbocycles. The zero-order valence-electron chi connectivity index (χ0n) is 18.9. The van der Waals surface area contributed by atoms with Crippen LogP contribution < -0.4 is 4.74 Å². The highest BCUT2D eigenvalue weighted by Crippen LogP contribution is 2.35. The number of ether oxygens (including phenoxy) is 2. The third-order valence-corrected chi connectivity index (χ3v) is 5.32. The second-order valence-electron chi connectivity index (χ2n) is 8.35. The highest BCUT2D eigenvalue weighted by Gasteiger charge is 2.30. The van der Waals surface area contributed by atoms with E-state index in [0.29, 0.717) is 35.5 Å². The van der Waals surface area contributed by atoms with Gasteiger partial charge in [-0.25, -0.2) is 0 Å². The first-order valence-corrected chi connectivity index (χ1v) is 10.7. The van der Waals surface area contributed by atoms with Gasteiger partial charge in [-0.1, -0.05) is 62.4 Å². The summed E-state index contributed by atoms with van der Waals surface area (Å²) in [6.45, 7) is 4.36. The van der Waals surface area contributed by atoms with Crippen LogP contribution in [0.5, 0.6) is 5.75 Å². The summed E-state index contributed by atoms with van der Waals surface area (Å²) in [4.78, 5) is 12.6. The van der Waals surface area contributed by atoms with Crippen LogP contribution in [-0.2, 0) is 22.3 Å². The molecule has 3 aromatic carbocycles. The maximum absolute atomic E-state index is 13.0. The number of benzene rings is 3. The standard InChI is InChI=1S/C27H27F3O3/c1-18(2)13-25(26(31)32-3)22-14-21(20-9-11-23(12-10-20)27(28,29)30)15-24(16-22)33-17-19-7-5-4-6-8-19/h4-12,14-16,18,25H,13,17H2,1-3H3. The Morgan fingerprint density at radius 1 is 0.909 bits per heavy atom. The molecule has 174 valence electrons. The third kappa shape index (κ3) is 6.60. The molecule has 1 atom stereocenters. The van der Waals surface area contributed by atoms with Crippen LogP contribution in [0.25, 0.3) is 11.1 Å². The number of alkyl halides is 3. The van der Waals surface area contributed by atoms with Crippen LogP contribution in [0.15, 0.2) is 72.8 Å². The number of halogens is 3. The first kappa shape index (κ1) is 24.4. The van der Waals surface area contributed by atoms with Gasteiger partial charge in [0.15, 0.2) is 0 Å². The van der Waals surface area contributed by atoms with E-state index in [1.165, 1.54) is 19.2 Å². The van der Waals surface area contributed by atoms with E-state index in [1.807, 2.05) is 50.2 Å². The molecular weight excluding hydrogens is 429 g/mol. The first-order chi connectivity index (χ1) is 15.7. The number of carbonyl (C=O) groups excluding carboxylic acids is 1. The molecule has 3 rings (SSSR count). The van der Waals surface area contributed by atoms with Crippen molar-refractivity contribution >= 4 is 5.97 Å². The molecule has 0 saturated heterocycles. The van der Waals surface area contributed by atoms with Crippen molar-refractivity contribution in [1.82, 2.24) is 0 Å². The fourth-order valence-electron chi connectivity index (χ4n) is 3.65. The Morgan fingerprint density at radius 2 is 1.58 bits per heavy atom. The molecule has 6 heteroatoms. The third-order valence-electron chi connectivity index (χ3n) is 5.32. The predicted molar refractivity (Wildman–Crippen MR) is 122 cm³/mol. The normalized spacial score (nSPS) is 12.5. The number of esters is 1. The van der Waals surface area contributed by atoms with E-state index in [2.05, 4.69) is 0 Å². The predicted octanol–water partition coefficient (Wildman–Crippen LogP) is 7.25. The van der Waals surface area contributed by atoms with Gasteiger partial charge in [0.1, 0.15) is 12.4 Å². The highest BCUT2D eigenvalue weighted by molar-refractivity contribution is 5.79. The number of methoxy groups -OCH3 is 1. The summed E-state index contributed by atoms with van der Waals surface area (Å²) in [5.74, 6) is -0.104. The second-order valence-corrected chi connectivity index (χ2v) is 8.35. The molecule has 33 heavy (non-hydrogen) atoms. The lowest BCUT2D eigenvalue weighted by molar-refractivity contribution is -0.143. The molecule has 3 aromatic rings. The summed E-state index contributed by atoms with van der Waals surface area (Å²) in [7, 11) is 1.35. The summed E-state index contributed by atoms with van der Waals surface area (Å²) in [6.07, 6.45) is -3.83. The molecule has 0 radical (unpaired) electrons. The molecule has 0 amide bonds. The largest absolute Gasteiger partial charge is 0.489 e. The minimum Gasteiger partial charge on any atom is -0.489 e. The summed E-state index contributed by atoms with van der Waals surface area (Å²) >= 11 is 0. The molecule has 0 aliphatic heterocycles. The van der Waals surface area contributed by atoms with Crippen molar-refractivity contribution in [2.45, 2.75) is 39.0 Å². The van der Waals surface area contributed by atoms with Gasteiger partial charge in [0.05, 0.1) is 18.6 Å². The molecule has 0 spiro atoms. The summed E-state index contributed by atoms with van der Waals surface area (Å²) in [6, 6.07) is 20.0. The summed E-state index contributed by atoms with van der Waals surface area (Å²) < 4.78 is 50.0. The molecule has 0 aromatic heterocycles. The Morgan fingerprint density at radius 3 is 2.15 bits per heavy atom. The molecule has 0 N–H and O–H groups in total. The lowest BCUT2D eigenvalue weighted by Crippen LogP contribution is -2.16. The van der Waals surface area contributed by atoms with Crippen molar-refractivity contribution in [3.63, 3.8) is 0 Å². The fraction of sp³-hybridized carbons (Fsp3) is 0.296. The second kappa shape index (κ2) is 10.6. The van der Waals surface area contributed by atoms with Gasteiger partial charge in [0.25, 0.3) is 0 Å². The Balaban J connectivity index is 2.01. The van der Waals surface area contributed by atoms with Crippen molar-refractivity contribution in [3.8, 4) is 16.9 Å². The first-order valence-electron chi connectivity index (χ1n) is 10.7. The molecule has 0 saturated carbocycles. The van der Waals surface area contributed by atoms with E-state index in [4.69, 9.17) is 9.47 Å². The summed E-state index contributed by atoms with van der Waals surface area (Å²) in [5, 5.41) is 0. The van der Waals surface area contributed by atoms with Crippen LogP contribution in [0.2, 0.25) is 0 Å². The smallest absolute Gasteiger partial charge is 0.416 e. The molecular formula is C27H27F3O3. The van der Waals surface area contributed by atoms with E-state index in [0.717, 1.165) is 17.7 Å². The molecule has 0 heterocycles. The average molecular weight is 457 g/mol. The fourth-order valence-corrected chi connectivity index (χ4v) is 3.65. The number of hydrogen-bond donors (Lipinski definition) is 0. The van der Waals surface area contributed by atoms with Gasteiger partial charge < -0.3 is 9.47 Å². The Labute approximate surface area is 192 Å². The van der Waals surface area contributed by atoms with Crippen LogP contribution in [0.3, 0.4) is 0 Å². The van der Waals surface area contributed by atoms with Crippen molar-refractivity contribution < 1.29 is 27.4 Å². The van der Waals surface area contributed by atoms with Gasteiger partial charge >= 0.3 is 12.1 Å². The van der Waals surface area contributed by atoms with Gasteiger partial charge in [-0.05, 0) is 58.9 Å². The van der Waals surface area contributed by atoms with Gasteiger partial charge in [-0.3, -0.25) is 4.79 Å². The van der Waals surface area contributed by atoms with E-state index in [-0.39, 0.29) is 11.9 Å². The van der Waals surface area contributed by atoms with E-state index in [9.17, 15) is 18.0 Å². The SMILES string of the molecule is COC(=O)C(CC(C)C)c1cc(OCc2ccccc2)cc(-c2ccc(C(F)(F)F)cc2)c1. The zero-order chi connectivity index (χ0) is 24.0. The van der Waals surface area contributed by atoms with E-state index in [1.54, 1.807) is 12.1 Å². The van der Waals surface area contributed by atoms with Crippen LogP contribution in [-0.4, -0.2) is 13.1 Å². The quantitative estimate of drug-likeness (QED) is 0.335. The lowest BCUT2D eigenvalue weighted by atomic mass is 9.88. The van der Waals surface area contributed by atoms with Crippen LogP contribution >= 0.6 is 0 Å². The Hall–Kier alpha value is -3.28. The molecule has 0 aliphatic rings. The van der Waals surface area contributed by atoms with Gasteiger partial charge in [-0.15, -0.1) is 0 Å². The molecule has 0 bridgehead atoms.